The van der Waals surface area contributed by atoms with E-state index in [-0.39, 0.29) is 33.6 Å². The minimum atomic E-state index is -4.97. The van der Waals surface area contributed by atoms with Crippen LogP contribution in [-0.2, 0) is 6.18 Å². The molecule has 2 aromatic carbocycles. The number of methoxy groups -OCH3 is 1. The summed E-state index contributed by atoms with van der Waals surface area (Å²) >= 11 is 0. The van der Waals surface area contributed by atoms with Crippen LogP contribution in [0.15, 0.2) is 76.2 Å². The number of carbonyl (C=O) groups is 1. The Morgan fingerprint density at radius 1 is 1.03 bits per heavy atom. The zero-order valence-corrected chi connectivity index (χ0v) is 16.5. The number of hydrogen-bond acceptors (Lipinski definition) is 6. The quantitative estimate of drug-likeness (QED) is 0.324. The Morgan fingerprint density at radius 3 is 2.44 bits per heavy atom. The molecule has 0 N–H and O–H groups in total. The zero-order valence-electron chi connectivity index (χ0n) is 16.5. The van der Waals surface area contributed by atoms with Crippen molar-refractivity contribution in [3.8, 4) is 22.6 Å². The van der Waals surface area contributed by atoms with Gasteiger partial charge in [-0.15, -0.1) is 0 Å². The lowest BCUT2D eigenvalue weighted by Crippen LogP contribution is -2.16. The van der Waals surface area contributed by atoms with Gasteiger partial charge < -0.3 is 13.9 Å². The van der Waals surface area contributed by atoms with E-state index in [1.807, 2.05) is 0 Å². The van der Waals surface area contributed by atoms with Gasteiger partial charge in [-0.1, -0.05) is 18.2 Å². The molecule has 2 heterocycles. The van der Waals surface area contributed by atoms with Crippen LogP contribution >= 0.6 is 0 Å². The van der Waals surface area contributed by atoms with Crippen molar-refractivity contribution in [3.05, 3.63) is 88.5 Å². The fourth-order valence-corrected chi connectivity index (χ4v) is 3.19. The van der Waals surface area contributed by atoms with Gasteiger partial charge >= 0.3 is 12.1 Å². The number of hydrogen-bond donors (Lipinski definition) is 0. The Labute approximate surface area is 178 Å². The molecular formula is C23H14F3NO5. The van der Waals surface area contributed by atoms with Crippen LogP contribution in [-0.4, -0.2) is 18.1 Å². The lowest BCUT2D eigenvalue weighted by atomic mass is 10.0. The van der Waals surface area contributed by atoms with Crippen molar-refractivity contribution < 1.29 is 31.9 Å². The van der Waals surface area contributed by atoms with E-state index in [1.165, 1.54) is 62.0 Å². The van der Waals surface area contributed by atoms with Crippen LogP contribution in [0.5, 0.6) is 11.5 Å². The van der Waals surface area contributed by atoms with E-state index < -0.39 is 28.9 Å². The topological polar surface area (TPSA) is 78.6 Å². The number of alkyl halides is 3. The third-order valence-corrected chi connectivity index (χ3v) is 4.62. The van der Waals surface area contributed by atoms with Crippen LogP contribution < -0.4 is 14.9 Å². The number of esters is 1. The van der Waals surface area contributed by atoms with E-state index >= 15 is 0 Å². The first-order valence-electron chi connectivity index (χ1n) is 9.23. The van der Waals surface area contributed by atoms with Crippen molar-refractivity contribution in [2.24, 2.45) is 0 Å². The highest BCUT2D eigenvalue weighted by Crippen LogP contribution is 2.40. The summed E-state index contributed by atoms with van der Waals surface area (Å²) in [6, 6.07) is 12.3. The van der Waals surface area contributed by atoms with Gasteiger partial charge in [-0.3, -0.25) is 9.78 Å². The highest BCUT2D eigenvalue weighted by atomic mass is 19.4. The molecule has 0 spiro atoms. The summed E-state index contributed by atoms with van der Waals surface area (Å²) in [6.45, 7) is 0. The first-order valence-corrected chi connectivity index (χ1v) is 9.23. The van der Waals surface area contributed by atoms with Gasteiger partial charge in [0.1, 0.15) is 17.1 Å². The van der Waals surface area contributed by atoms with Crippen LogP contribution in [0.3, 0.4) is 0 Å². The number of halogens is 3. The van der Waals surface area contributed by atoms with Crippen LogP contribution in [0, 0.1) is 0 Å². The first kappa shape index (κ1) is 21.1. The van der Waals surface area contributed by atoms with Gasteiger partial charge in [0.2, 0.25) is 11.2 Å². The molecule has 2 aromatic heterocycles. The van der Waals surface area contributed by atoms with Gasteiger partial charge in [-0.2, -0.15) is 13.2 Å². The molecule has 0 aliphatic rings. The van der Waals surface area contributed by atoms with E-state index in [9.17, 15) is 22.8 Å². The van der Waals surface area contributed by atoms with Gasteiger partial charge in [-0.25, -0.2) is 4.79 Å². The summed E-state index contributed by atoms with van der Waals surface area (Å²) in [5.74, 6) is -2.21. The number of ether oxygens (including phenoxy) is 2. The molecule has 4 rings (SSSR count). The van der Waals surface area contributed by atoms with Crippen molar-refractivity contribution in [3.63, 3.8) is 0 Å². The number of carbonyl (C=O) groups excluding carboxylic acids is 1. The number of para-hydroxylation sites is 1. The van der Waals surface area contributed by atoms with E-state index in [0.29, 0.717) is 0 Å². The molecule has 9 heteroatoms. The lowest BCUT2D eigenvalue weighted by molar-refractivity contribution is -0.152. The van der Waals surface area contributed by atoms with E-state index in [0.717, 1.165) is 6.07 Å². The first-order chi connectivity index (χ1) is 15.3. The average molecular weight is 441 g/mol. The predicted molar refractivity (Wildman–Crippen MR) is 109 cm³/mol. The van der Waals surface area contributed by atoms with Crippen LogP contribution in [0.4, 0.5) is 13.2 Å². The molecule has 162 valence electrons. The van der Waals surface area contributed by atoms with Crippen LogP contribution in [0.1, 0.15) is 16.1 Å². The fourth-order valence-electron chi connectivity index (χ4n) is 3.19. The predicted octanol–water partition coefficient (Wildman–Crippen LogP) is 5.10. The number of fused-ring (bicyclic) bond motifs is 1. The molecule has 32 heavy (non-hydrogen) atoms. The summed E-state index contributed by atoms with van der Waals surface area (Å²) in [5, 5.41) is -0.109. The molecule has 0 radical (unpaired) electrons. The van der Waals surface area contributed by atoms with E-state index in [2.05, 4.69) is 4.98 Å². The minimum Gasteiger partial charge on any atom is -0.496 e. The van der Waals surface area contributed by atoms with Gasteiger partial charge in [-0.05, 0) is 30.3 Å². The van der Waals surface area contributed by atoms with E-state index in [1.54, 1.807) is 6.07 Å². The van der Waals surface area contributed by atoms with Crippen LogP contribution in [0.2, 0.25) is 0 Å². The summed E-state index contributed by atoms with van der Waals surface area (Å²) in [4.78, 5) is 29.1. The molecule has 6 nitrogen and oxygen atoms in total. The highest BCUT2D eigenvalue weighted by Gasteiger charge is 2.40. The monoisotopic (exact) mass is 441 g/mol. The highest BCUT2D eigenvalue weighted by molar-refractivity contribution is 5.92. The molecule has 0 aliphatic heterocycles. The number of aromatic nitrogens is 1. The third kappa shape index (κ3) is 3.92. The van der Waals surface area contributed by atoms with Crippen molar-refractivity contribution >= 4 is 16.9 Å². The minimum absolute atomic E-state index is 0.0498. The van der Waals surface area contributed by atoms with E-state index in [4.69, 9.17) is 13.9 Å². The Balaban J connectivity index is 1.87. The molecule has 0 saturated carbocycles. The fraction of sp³-hybridized carbons (Fsp3) is 0.0870. The molecule has 0 atom stereocenters. The second kappa shape index (κ2) is 8.18. The van der Waals surface area contributed by atoms with Gasteiger partial charge in [0, 0.05) is 24.0 Å². The molecule has 0 fully saturated rings. The number of rotatable bonds is 4. The van der Waals surface area contributed by atoms with Gasteiger partial charge in [0.05, 0.1) is 23.6 Å². The average Bonchev–Trinajstić information content (AvgIpc) is 2.79. The number of nitrogens with zero attached hydrogens (tertiary/aromatic N) is 1. The van der Waals surface area contributed by atoms with Crippen molar-refractivity contribution in [2.75, 3.05) is 7.11 Å². The van der Waals surface area contributed by atoms with Gasteiger partial charge in [0.15, 0.2) is 0 Å². The maximum atomic E-state index is 13.8. The third-order valence-electron chi connectivity index (χ3n) is 4.62. The lowest BCUT2D eigenvalue weighted by Gasteiger charge is -2.15. The molecule has 0 saturated heterocycles. The van der Waals surface area contributed by atoms with Crippen molar-refractivity contribution in [2.45, 2.75) is 6.18 Å². The van der Waals surface area contributed by atoms with Crippen LogP contribution in [0.25, 0.3) is 22.1 Å². The molecule has 4 aromatic rings. The second-order valence-electron chi connectivity index (χ2n) is 6.62. The summed E-state index contributed by atoms with van der Waals surface area (Å²) in [5.41, 5.74) is -1.78. The second-order valence-corrected chi connectivity index (χ2v) is 6.62. The summed E-state index contributed by atoms with van der Waals surface area (Å²) in [6.07, 6.45) is -2.18. The summed E-state index contributed by atoms with van der Waals surface area (Å²) in [7, 11) is 1.29. The molecule has 0 bridgehead atoms. The molecule has 0 unspecified atom stereocenters. The Hall–Kier alpha value is -4.14. The molecule has 0 amide bonds. The zero-order chi connectivity index (χ0) is 22.9. The number of benzene rings is 2. The smallest absolute Gasteiger partial charge is 0.450 e. The standard InChI is InChI=1S/C23H14F3NO5/c1-30-17-5-3-2-4-15(17)19-20(28)16-7-6-14(12-18(16)32-21(19)23(24,25)26)31-22(29)13-8-10-27-11-9-13/h2-12H,1H3. The normalized spacial score (nSPS) is 11.4. The Morgan fingerprint density at radius 2 is 1.75 bits per heavy atom. The van der Waals surface area contributed by atoms with Crippen molar-refractivity contribution in [1.82, 2.24) is 4.98 Å². The molecule has 0 aliphatic carbocycles. The molecular weight excluding hydrogens is 427 g/mol. The maximum absolute atomic E-state index is 13.8. The largest absolute Gasteiger partial charge is 0.496 e. The Kier molecular flexibility index (Phi) is 5.40. The summed E-state index contributed by atoms with van der Waals surface area (Å²) < 4.78 is 57.0. The number of pyridine rings is 1. The van der Waals surface area contributed by atoms with Crippen molar-refractivity contribution in [1.29, 1.82) is 0 Å². The van der Waals surface area contributed by atoms with Gasteiger partial charge in [0.25, 0.3) is 0 Å². The SMILES string of the molecule is COc1ccccc1-c1c(C(F)(F)F)oc2cc(OC(=O)c3ccncc3)ccc2c1=O. The maximum Gasteiger partial charge on any atom is 0.450 e. The Bertz CT molecular complexity index is 1360.